The molecule has 7 amide bonds. The molecular weight excluding hydrogens is 1080 g/mol. The minimum Gasteiger partial charge on any atom is -0.445 e. The molecule has 476 valence electrons. The van der Waals surface area contributed by atoms with Crippen molar-refractivity contribution in [1.29, 1.82) is 0 Å². The number of amides is 7. The number of anilines is 2. The highest BCUT2D eigenvalue weighted by Crippen LogP contribution is 2.22. The number of nitrogens with zero attached hydrogens (tertiary/aromatic N) is 5. The number of urea groups is 1. The second-order valence-electron chi connectivity index (χ2n) is 24.4. The minimum absolute atomic E-state index is 0.00199. The van der Waals surface area contributed by atoms with Gasteiger partial charge in [-0.15, -0.1) is 0 Å². The molecule has 0 spiro atoms. The maximum absolute atomic E-state index is 13.4. The molecule has 0 radical (unpaired) electrons. The van der Waals surface area contributed by atoms with Crippen LogP contribution in [0.2, 0.25) is 0 Å². The third kappa shape index (κ3) is 29.8. The normalized spacial score (nSPS) is 13.0. The zero-order valence-electron chi connectivity index (χ0n) is 53.6. The van der Waals surface area contributed by atoms with Crippen molar-refractivity contribution in [3.63, 3.8) is 0 Å². The fourth-order valence-electron chi connectivity index (χ4n) is 7.48. The first-order chi connectivity index (χ1) is 39.1. The van der Waals surface area contributed by atoms with Crippen molar-refractivity contribution in [3.8, 4) is 0 Å². The van der Waals surface area contributed by atoms with Crippen LogP contribution >= 0.6 is 0 Å². The maximum atomic E-state index is 13.4. The minimum atomic E-state index is -1.06. The summed E-state index contributed by atoms with van der Waals surface area (Å²) < 4.78 is 21.6. The largest absolute Gasteiger partial charge is 0.445 e. The Kier molecular flexibility index (Phi) is 33.9. The third-order valence-corrected chi connectivity index (χ3v) is 14.3. The van der Waals surface area contributed by atoms with Crippen LogP contribution in [0.5, 0.6) is 0 Å². The second kappa shape index (κ2) is 37.7. The lowest BCUT2D eigenvalue weighted by atomic mass is 9.89. The van der Waals surface area contributed by atoms with Crippen LogP contribution in [0, 0.1) is 23.7 Å². The van der Waals surface area contributed by atoms with E-state index in [1.165, 1.54) is 9.80 Å². The Morgan fingerprint density at radius 3 is 1.55 bits per heavy atom. The number of carbonyl (C=O) groups is 8. The molecule has 4 atom stereocenters. The summed E-state index contributed by atoms with van der Waals surface area (Å²) in [5.74, 6) is -2.63. The fourth-order valence-corrected chi connectivity index (χ4v) is 7.48. The van der Waals surface area contributed by atoms with E-state index in [1.807, 2.05) is 41.8 Å². The topological polar surface area (TPSA) is 304 Å². The number of unbranched alkanes of at least 4 members (excludes halogenated alkanes) is 2. The van der Waals surface area contributed by atoms with Crippen LogP contribution in [0.3, 0.4) is 0 Å². The number of carbonyl (C=O) groups excluding carboxylic acids is 8. The van der Waals surface area contributed by atoms with E-state index in [9.17, 15) is 38.4 Å². The van der Waals surface area contributed by atoms with Crippen molar-refractivity contribution in [1.82, 2.24) is 30.2 Å². The molecule has 1 unspecified atom stereocenters. The van der Waals surface area contributed by atoms with Crippen LogP contribution in [0.25, 0.3) is 0 Å². The van der Waals surface area contributed by atoms with Crippen LogP contribution in [0.1, 0.15) is 139 Å². The quantitative estimate of drug-likeness (QED) is 0.0177. The predicted octanol–water partition coefficient (Wildman–Crippen LogP) is 7.67. The van der Waals surface area contributed by atoms with Gasteiger partial charge in [0.1, 0.15) is 19.3 Å². The van der Waals surface area contributed by atoms with Gasteiger partial charge < -0.3 is 61.9 Å². The number of Topliss-reactive ketones (excluding diaryl/α,β-unsaturated/α-hetero) is 1. The van der Waals surface area contributed by atoms with Gasteiger partial charge in [0.2, 0.25) is 11.8 Å². The van der Waals surface area contributed by atoms with E-state index in [-0.39, 0.29) is 72.6 Å². The highest BCUT2D eigenvalue weighted by molar-refractivity contribution is 5.97. The smallest absolute Gasteiger partial charge is 0.417 e. The Morgan fingerprint density at radius 2 is 1.11 bits per heavy atom. The number of ether oxygens (including phenoxy) is 4. The number of primary amides is 1. The Balaban J connectivity index is 0.000000864. The summed E-state index contributed by atoms with van der Waals surface area (Å²) >= 11 is 0. The van der Waals surface area contributed by atoms with E-state index in [1.54, 1.807) is 88.4 Å². The highest BCUT2D eigenvalue weighted by Gasteiger charge is 2.31. The Morgan fingerprint density at radius 1 is 0.607 bits per heavy atom. The van der Waals surface area contributed by atoms with E-state index in [0.717, 1.165) is 30.5 Å². The highest BCUT2D eigenvalue weighted by atomic mass is 16.7. The lowest BCUT2D eigenvalue weighted by molar-refractivity contribution is -0.177. The van der Waals surface area contributed by atoms with E-state index < -0.39 is 54.6 Å². The van der Waals surface area contributed by atoms with Crippen LogP contribution < -0.4 is 38.1 Å². The number of hydrogen-bond acceptors (Lipinski definition) is 16. The summed E-state index contributed by atoms with van der Waals surface area (Å²) in [7, 11) is 8.99. The third-order valence-electron chi connectivity index (χ3n) is 14.3. The number of likely N-dealkylation sites (N-methyl/N-ethyl adjacent to an activating group) is 4. The van der Waals surface area contributed by atoms with Gasteiger partial charge in [0, 0.05) is 101 Å². The van der Waals surface area contributed by atoms with E-state index in [0.29, 0.717) is 63.2 Å². The number of nitrogens with one attached hydrogen (secondary N) is 3. The van der Waals surface area contributed by atoms with Gasteiger partial charge >= 0.3 is 30.3 Å². The van der Waals surface area contributed by atoms with Gasteiger partial charge in [-0.05, 0) is 135 Å². The number of nitrogens with two attached hydrogens (primary N) is 3. The van der Waals surface area contributed by atoms with Crippen LogP contribution in [-0.4, -0.2) is 171 Å². The fraction of sp³-hybridized carbons (Fsp3) is 0.672. The SMILES string of the molecule is CC(C)C(OC(=O)[C@@H](N)C(C)C)OC(=O)N(C)c1ccc(COC(=O)N(C)CCN(C)C(C)(C)C)cc1.CC(C)[C@H](NC(=O)CCCCCN)C(=O)C[C@@H](CCCNC(N)=O)C(=O)Nc1ccc(COC(=O)N(C)CCN(C)C(C)(C)C)cc1. The number of hydrogen-bond donors (Lipinski definition) is 6. The van der Waals surface area contributed by atoms with Crippen molar-refractivity contribution < 1.29 is 57.3 Å². The summed E-state index contributed by atoms with van der Waals surface area (Å²) in [6.07, 6.45) is 0.777. The summed E-state index contributed by atoms with van der Waals surface area (Å²) in [5, 5.41) is 8.23. The molecule has 23 nitrogen and oxygen atoms in total. The zero-order valence-corrected chi connectivity index (χ0v) is 53.6. The van der Waals surface area contributed by atoms with Gasteiger partial charge in [0.25, 0.3) is 6.29 Å². The standard InChI is InChI=1S/C34H59N7O6.C27H46N4O6/c1-24(2)30(39-29(43)13-9-8-10-18-35)28(42)22-26(12-11-19-37-32(36)45)31(44)38-27-16-14-25(15-17-27)23-47-33(46)40(6)20-21-41(7)34(3,4)5;1-18(2)22(28)23(32)36-24(19(3)4)37-26(34)31(10)21-13-11-20(12-14-21)17-35-25(33)29(8)15-16-30(9)27(5,6)7/h14-17,24,26,30H,8-13,18-23,35H2,1-7H3,(H,38,44)(H,39,43)(H3,36,37,45);11-14,18-19,22,24H,15-17,28H2,1-10H3/t26-,30+;22-,24?/m10/s1. The molecule has 23 heteroatoms. The summed E-state index contributed by atoms with van der Waals surface area (Å²) in [6, 6.07) is 11.7. The summed E-state index contributed by atoms with van der Waals surface area (Å²) in [6.45, 7) is 27.1. The Labute approximate surface area is 501 Å². The predicted molar refractivity (Wildman–Crippen MR) is 329 cm³/mol. The Hall–Kier alpha value is -6.56. The molecule has 0 fully saturated rings. The molecule has 2 rings (SSSR count). The maximum Gasteiger partial charge on any atom is 0.417 e. The average molecular weight is 1180 g/mol. The molecule has 0 saturated carbocycles. The van der Waals surface area contributed by atoms with Crippen molar-refractivity contribution in [2.75, 3.05) is 84.7 Å². The summed E-state index contributed by atoms with van der Waals surface area (Å²) in [4.78, 5) is 109. The average Bonchev–Trinajstić information content (AvgIpc) is 3.42. The first-order valence-corrected chi connectivity index (χ1v) is 29.2. The van der Waals surface area contributed by atoms with Crippen molar-refractivity contribution in [2.24, 2.45) is 40.9 Å². The molecule has 0 bridgehead atoms. The number of benzene rings is 2. The van der Waals surface area contributed by atoms with Gasteiger partial charge in [-0.25, -0.2) is 19.2 Å². The lowest BCUT2D eigenvalue weighted by Crippen LogP contribution is -2.45. The second-order valence-corrected chi connectivity index (χ2v) is 24.4. The van der Waals surface area contributed by atoms with Crippen molar-refractivity contribution >= 4 is 59.3 Å². The van der Waals surface area contributed by atoms with Gasteiger partial charge in [-0.1, -0.05) is 72.2 Å². The monoisotopic (exact) mass is 1180 g/mol. The van der Waals surface area contributed by atoms with E-state index in [4.69, 9.17) is 36.1 Å². The lowest BCUT2D eigenvalue weighted by Gasteiger charge is -2.33. The van der Waals surface area contributed by atoms with Gasteiger partial charge in [-0.3, -0.25) is 33.9 Å². The molecule has 0 aliphatic carbocycles. The van der Waals surface area contributed by atoms with Crippen molar-refractivity contribution in [3.05, 3.63) is 59.7 Å². The Bertz CT molecular complexity index is 2340. The molecule has 0 aromatic heterocycles. The van der Waals surface area contributed by atoms with Gasteiger partial charge in [0.15, 0.2) is 5.78 Å². The molecule has 2 aromatic carbocycles. The molecule has 2 aromatic rings. The van der Waals surface area contributed by atoms with Crippen LogP contribution in [-0.2, 0) is 51.3 Å². The molecule has 0 heterocycles. The molecule has 84 heavy (non-hydrogen) atoms. The molecule has 0 aliphatic heterocycles. The molecule has 0 saturated heterocycles. The van der Waals surface area contributed by atoms with Gasteiger partial charge in [0.05, 0.1) is 6.04 Å². The van der Waals surface area contributed by atoms with Crippen LogP contribution in [0.15, 0.2) is 48.5 Å². The first kappa shape index (κ1) is 75.5. The number of ketones is 1. The number of rotatable bonds is 32. The number of esters is 1. The molecular formula is C61H105N11O12. The molecule has 0 aliphatic rings. The first-order valence-electron chi connectivity index (χ1n) is 29.2. The van der Waals surface area contributed by atoms with Crippen molar-refractivity contribution in [2.45, 2.75) is 171 Å². The van der Waals surface area contributed by atoms with E-state index >= 15 is 0 Å². The van der Waals surface area contributed by atoms with Gasteiger partial charge in [-0.2, -0.15) is 0 Å². The van der Waals surface area contributed by atoms with E-state index in [2.05, 4.69) is 67.3 Å². The zero-order chi connectivity index (χ0) is 64.1. The summed E-state index contributed by atoms with van der Waals surface area (Å²) in [5.41, 5.74) is 19.2. The van der Waals surface area contributed by atoms with Crippen LogP contribution in [0.4, 0.5) is 30.6 Å². The molecule has 9 N–H and O–H groups in total.